The molecule has 4 heteroatoms. The van der Waals surface area contributed by atoms with Gasteiger partial charge < -0.3 is 14.0 Å². The molecule has 2 aromatic heterocycles. The molecule has 4 nitrogen and oxygen atoms in total. The van der Waals surface area contributed by atoms with Crippen LogP contribution in [0.15, 0.2) is 109 Å². The van der Waals surface area contributed by atoms with Crippen molar-refractivity contribution in [2.24, 2.45) is 0 Å². The Labute approximate surface area is 227 Å². The van der Waals surface area contributed by atoms with Gasteiger partial charge in [0.15, 0.2) is 0 Å². The standard InChI is InChI=1S/C35H28N4/c1-3-37-32-13-9-8-12-28(32)30-21-26(15-18-34(30)37)39(25-10-6-5-7-11-25)27-16-19-35-31(22-27)29-20-24(23-36)14-17-33(29)38(35)4-2/h5-22H,3-4H2,1-2H3. The summed E-state index contributed by atoms with van der Waals surface area (Å²) >= 11 is 0. The highest BCUT2D eigenvalue weighted by molar-refractivity contribution is 6.11. The van der Waals surface area contributed by atoms with Crippen LogP contribution in [0.3, 0.4) is 0 Å². The Morgan fingerprint density at radius 2 is 1.05 bits per heavy atom. The SMILES string of the molecule is CCn1c2ccccc2c2cc(N(c3ccccc3)c3ccc4c(c3)c3cc(C#N)ccc3n4CC)ccc21. The minimum atomic E-state index is 0.681. The molecule has 39 heavy (non-hydrogen) atoms. The Morgan fingerprint density at radius 1 is 0.538 bits per heavy atom. The highest BCUT2D eigenvalue weighted by atomic mass is 15.1. The van der Waals surface area contributed by atoms with Gasteiger partial charge in [-0.3, -0.25) is 0 Å². The molecule has 0 saturated heterocycles. The number of aromatic nitrogens is 2. The molecule has 0 spiro atoms. The number of benzene rings is 5. The first-order valence-electron chi connectivity index (χ1n) is 13.5. The monoisotopic (exact) mass is 504 g/mol. The molecule has 0 amide bonds. The third-order valence-corrected chi connectivity index (χ3v) is 7.90. The van der Waals surface area contributed by atoms with Gasteiger partial charge in [-0.1, -0.05) is 36.4 Å². The third-order valence-electron chi connectivity index (χ3n) is 7.90. The molecule has 0 atom stereocenters. The van der Waals surface area contributed by atoms with E-state index in [9.17, 15) is 5.26 Å². The van der Waals surface area contributed by atoms with Gasteiger partial charge in [-0.25, -0.2) is 0 Å². The van der Waals surface area contributed by atoms with Crippen LogP contribution in [0.4, 0.5) is 17.1 Å². The first-order chi connectivity index (χ1) is 19.2. The molecule has 0 unspecified atom stereocenters. The van der Waals surface area contributed by atoms with Crippen molar-refractivity contribution in [1.29, 1.82) is 5.26 Å². The minimum Gasteiger partial charge on any atom is -0.341 e. The third kappa shape index (κ3) is 3.51. The van der Waals surface area contributed by atoms with Gasteiger partial charge in [-0.15, -0.1) is 0 Å². The Morgan fingerprint density at radius 3 is 1.67 bits per heavy atom. The second-order valence-electron chi connectivity index (χ2n) is 9.92. The maximum atomic E-state index is 9.59. The molecule has 5 aromatic carbocycles. The molecule has 0 bridgehead atoms. The van der Waals surface area contributed by atoms with Crippen LogP contribution < -0.4 is 4.90 Å². The van der Waals surface area contributed by atoms with Crippen LogP contribution in [0.5, 0.6) is 0 Å². The largest absolute Gasteiger partial charge is 0.341 e. The molecule has 0 aliphatic heterocycles. The van der Waals surface area contributed by atoms with Crippen LogP contribution in [0, 0.1) is 11.3 Å². The molecule has 188 valence electrons. The van der Waals surface area contributed by atoms with Crippen LogP contribution in [0.25, 0.3) is 43.6 Å². The molecule has 2 heterocycles. The molecule has 0 aliphatic carbocycles. The van der Waals surface area contributed by atoms with Crippen molar-refractivity contribution in [2.45, 2.75) is 26.9 Å². The second-order valence-corrected chi connectivity index (χ2v) is 9.92. The van der Waals surface area contributed by atoms with Crippen LogP contribution >= 0.6 is 0 Å². The predicted molar refractivity (Wildman–Crippen MR) is 163 cm³/mol. The number of aryl methyl sites for hydroxylation is 2. The zero-order valence-electron chi connectivity index (χ0n) is 22.1. The Bertz CT molecular complexity index is 2050. The maximum absolute atomic E-state index is 9.59. The molecule has 0 aliphatic rings. The van der Waals surface area contributed by atoms with Crippen molar-refractivity contribution in [3.05, 3.63) is 115 Å². The normalized spacial score (nSPS) is 11.5. The first-order valence-corrected chi connectivity index (χ1v) is 13.5. The van der Waals surface area contributed by atoms with Crippen LogP contribution in [0.2, 0.25) is 0 Å². The average Bonchev–Trinajstić information content (AvgIpc) is 3.48. The van der Waals surface area contributed by atoms with Crippen LogP contribution in [0.1, 0.15) is 19.4 Å². The number of rotatable bonds is 5. The molecule has 0 N–H and O–H groups in total. The smallest absolute Gasteiger partial charge is 0.0991 e. The lowest BCUT2D eigenvalue weighted by Crippen LogP contribution is -2.09. The summed E-state index contributed by atoms with van der Waals surface area (Å²) in [6, 6.07) is 41.1. The van der Waals surface area contributed by atoms with E-state index in [1.165, 1.54) is 27.3 Å². The first kappa shape index (κ1) is 23.1. The van der Waals surface area contributed by atoms with E-state index in [2.05, 4.69) is 131 Å². The summed E-state index contributed by atoms with van der Waals surface area (Å²) in [6.45, 7) is 6.17. The predicted octanol–water partition coefficient (Wildman–Crippen LogP) is 9.28. The van der Waals surface area contributed by atoms with E-state index in [4.69, 9.17) is 0 Å². The molecular weight excluding hydrogens is 476 g/mol. The summed E-state index contributed by atoms with van der Waals surface area (Å²) in [5, 5.41) is 14.4. The Balaban J connectivity index is 1.50. The summed E-state index contributed by atoms with van der Waals surface area (Å²) in [7, 11) is 0. The van der Waals surface area contributed by atoms with E-state index in [-0.39, 0.29) is 0 Å². The zero-order chi connectivity index (χ0) is 26.5. The minimum absolute atomic E-state index is 0.681. The lowest BCUT2D eigenvalue weighted by molar-refractivity contribution is 0.827. The van der Waals surface area contributed by atoms with E-state index in [0.29, 0.717) is 5.56 Å². The molecule has 7 aromatic rings. The van der Waals surface area contributed by atoms with Gasteiger partial charge in [0.1, 0.15) is 0 Å². The maximum Gasteiger partial charge on any atom is 0.0991 e. The lowest BCUT2D eigenvalue weighted by atomic mass is 10.1. The fraction of sp³-hybridized carbons (Fsp3) is 0.114. The zero-order valence-corrected chi connectivity index (χ0v) is 22.1. The van der Waals surface area contributed by atoms with Gasteiger partial charge >= 0.3 is 0 Å². The van der Waals surface area contributed by atoms with Gasteiger partial charge in [0.25, 0.3) is 0 Å². The highest BCUT2D eigenvalue weighted by Crippen LogP contribution is 2.41. The van der Waals surface area contributed by atoms with Gasteiger partial charge in [-0.2, -0.15) is 5.26 Å². The number of para-hydroxylation sites is 2. The average molecular weight is 505 g/mol. The Hall–Kier alpha value is -5.01. The van der Waals surface area contributed by atoms with Gasteiger partial charge in [-0.05, 0) is 86.6 Å². The summed E-state index contributed by atoms with van der Waals surface area (Å²) in [6.07, 6.45) is 0. The van der Waals surface area contributed by atoms with Crippen LogP contribution in [-0.2, 0) is 13.1 Å². The topological polar surface area (TPSA) is 36.9 Å². The van der Waals surface area contributed by atoms with Crippen molar-refractivity contribution >= 4 is 60.7 Å². The second kappa shape index (κ2) is 9.08. The number of anilines is 3. The van der Waals surface area contributed by atoms with E-state index < -0.39 is 0 Å². The summed E-state index contributed by atoms with van der Waals surface area (Å²) in [4.78, 5) is 2.33. The van der Waals surface area contributed by atoms with E-state index in [1.807, 2.05) is 12.1 Å². The number of fused-ring (bicyclic) bond motifs is 6. The van der Waals surface area contributed by atoms with Gasteiger partial charge in [0.2, 0.25) is 0 Å². The van der Waals surface area contributed by atoms with Crippen molar-refractivity contribution < 1.29 is 0 Å². The number of nitriles is 1. The van der Waals surface area contributed by atoms with Gasteiger partial charge in [0.05, 0.1) is 11.6 Å². The molecule has 0 radical (unpaired) electrons. The van der Waals surface area contributed by atoms with E-state index in [0.717, 1.165) is 46.4 Å². The number of nitrogens with zero attached hydrogens (tertiary/aromatic N) is 4. The number of hydrogen-bond donors (Lipinski definition) is 0. The Kier molecular flexibility index (Phi) is 5.38. The van der Waals surface area contributed by atoms with Crippen molar-refractivity contribution in [3.63, 3.8) is 0 Å². The fourth-order valence-electron chi connectivity index (χ4n) is 6.19. The summed E-state index contributed by atoms with van der Waals surface area (Å²) in [5.41, 5.74) is 8.84. The lowest BCUT2D eigenvalue weighted by Gasteiger charge is -2.26. The quantitative estimate of drug-likeness (QED) is 0.234. The molecule has 0 saturated carbocycles. The van der Waals surface area contributed by atoms with Crippen LogP contribution in [-0.4, -0.2) is 9.13 Å². The molecular formula is C35H28N4. The number of hydrogen-bond acceptors (Lipinski definition) is 2. The van der Waals surface area contributed by atoms with E-state index in [1.54, 1.807) is 0 Å². The molecule has 0 fully saturated rings. The molecule has 7 rings (SSSR count). The van der Waals surface area contributed by atoms with Crippen molar-refractivity contribution in [2.75, 3.05) is 4.90 Å². The van der Waals surface area contributed by atoms with E-state index >= 15 is 0 Å². The summed E-state index contributed by atoms with van der Waals surface area (Å²) in [5.74, 6) is 0. The van der Waals surface area contributed by atoms with Gasteiger partial charge in [0, 0.05) is 73.8 Å². The summed E-state index contributed by atoms with van der Waals surface area (Å²) < 4.78 is 4.72. The van der Waals surface area contributed by atoms with Crippen molar-refractivity contribution in [1.82, 2.24) is 9.13 Å². The highest BCUT2D eigenvalue weighted by Gasteiger charge is 2.18. The van der Waals surface area contributed by atoms with Crippen molar-refractivity contribution in [3.8, 4) is 6.07 Å². The fourth-order valence-corrected chi connectivity index (χ4v) is 6.19.